The summed E-state index contributed by atoms with van der Waals surface area (Å²) in [7, 11) is 0. The molecule has 3 rings (SSSR count). The Kier molecular flexibility index (Phi) is 4.83. The zero-order valence-corrected chi connectivity index (χ0v) is 13.6. The van der Waals surface area contributed by atoms with Gasteiger partial charge < -0.3 is 0 Å². The number of thioether (sulfide) groups is 1. The van der Waals surface area contributed by atoms with Crippen molar-refractivity contribution in [1.29, 1.82) is 0 Å². The highest BCUT2D eigenvalue weighted by Gasteiger charge is 2.14. The number of nitrogens with two attached hydrogens (primary N) is 1. The second-order valence-corrected chi connectivity index (χ2v) is 7.03. The summed E-state index contributed by atoms with van der Waals surface area (Å²) in [6, 6.07) is 16.5. The number of benzene rings is 2. The fourth-order valence-corrected chi connectivity index (χ4v) is 4.52. The van der Waals surface area contributed by atoms with E-state index in [9.17, 15) is 0 Å². The van der Waals surface area contributed by atoms with Crippen molar-refractivity contribution in [3.63, 3.8) is 0 Å². The smallest absolute Gasteiger partial charge is 0.0568 e. The average Bonchev–Trinajstić information content (AvgIpc) is 2.98. The van der Waals surface area contributed by atoms with Crippen LogP contribution in [0.1, 0.15) is 11.6 Å². The van der Waals surface area contributed by atoms with E-state index in [1.165, 1.54) is 15.6 Å². The Morgan fingerprint density at radius 3 is 2.81 bits per heavy atom. The topological polar surface area (TPSA) is 38.0 Å². The number of thiophene rings is 1. The Morgan fingerprint density at radius 2 is 2.00 bits per heavy atom. The van der Waals surface area contributed by atoms with Crippen molar-refractivity contribution >= 4 is 44.8 Å². The van der Waals surface area contributed by atoms with Crippen molar-refractivity contribution < 1.29 is 0 Å². The Hall–Kier alpha value is -1.04. The van der Waals surface area contributed by atoms with E-state index < -0.39 is 0 Å². The highest BCUT2D eigenvalue weighted by atomic mass is 35.5. The highest BCUT2D eigenvalue weighted by molar-refractivity contribution is 7.99. The van der Waals surface area contributed by atoms with Gasteiger partial charge in [0.1, 0.15) is 0 Å². The molecule has 0 radical (unpaired) electrons. The van der Waals surface area contributed by atoms with Crippen LogP contribution in [-0.4, -0.2) is 5.75 Å². The molecule has 0 aliphatic rings. The van der Waals surface area contributed by atoms with E-state index in [1.54, 1.807) is 23.1 Å². The van der Waals surface area contributed by atoms with Gasteiger partial charge in [-0.2, -0.15) is 0 Å². The number of fused-ring (bicyclic) bond motifs is 1. The van der Waals surface area contributed by atoms with E-state index in [4.69, 9.17) is 17.4 Å². The molecule has 21 heavy (non-hydrogen) atoms. The Morgan fingerprint density at radius 1 is 1.14 bits per heavy atom. The summed E-state index contributed by atoms with van der Waals surface area (Å²) in [4.78, 5) is 1.08. The molecule has 1 unspecified atom stereocenters. The van der Waals surface area contributed by atoms with Gasteiger partial charge in [-0.25, -0.2) is 0 Å². The largest absolute Gasteiger partial charge is 0.271 e. The Labute approximate surface area is 137 Å². The van der Waals surface area contributed by atoms with E-state index in [2.05, 4.69) is 35.1 Å². The fourth-order valence-electron chi connectivity index (χ4n) is 2.25. The Bertz CT molecular complexity index is 742. The zero-order chi connectivity index (χ0) is 14.7. The molecule has 0 aliphatic carbocycles. The molecule has 0 saturated carbocycles. The van der Waals surface area contributed by atoms with Gasteiger partial charge >= 0.3 is 0 Å². The van der Waals surface area contributed by atoms with Crippen LogP contribution < -0.4 is 11.3 Å². The lowest BCUT2D eigenvalue weighted by Crippen LogP contribution is -2.29. The SMILES string of the molecule is NNC(CSc1ccccc1Cl)c1cccc2ccsc12. The first-order chi connectivity index (χ1) is 10.3. The van der Waals surface area contributed by atoms with Crippen molar-refractivity contribution in [2.75, 3.05) is 5.75 Å². The van der Waals surface area contributed by atoms with Gasteiger partial charge in [0.25, 0.3) is 0 Å². The maximum absolute atomic E-state index is 6.20. The van der Waals surface area contributed by atoms with Crippen LogP contribution in [0.25, 0.3) is 10.1 Å². The molecule has 2 aromatic carbocycles. The van der Waals surface area contributed by atoms with Crippen LogP contribution in [0, 0.1) is 0 Å². The molecular formula is C16H15ClN2S2. The number of halogens is 1. The second kappa shape index (κ2) is 6.81. The van der Waals surface area contributed by atoms with Gasteiger partial charge in [0.05, 0.1) is 11.1 Å². The number of hydrazine groups is 1. The first-order valence-corrected chi connectivity index (χ1v) is 8.83. The molecule has 1 aromatic heterocycles. The molecule has 3 N–H and O–H groups in total. The molecule has 1 heterocycles. The minimum atomic E-state index is 0.0913. The summed E-state index contributed by atoms with van der Waals surface area (Å²) < 4.78 is 1.29. The van der Waals surface area contributed by atoms with Crippen molar-refractivity contribution in [1.82, 2.24) is 5.43 Å². The van der Waals surface area contributed by atoms with Gasteiger partial charge in [0.15, 0.2) is 0 Å². The van der Waals surface area contributed by atoms with E-state index >= 15 is 0 Å². The summed E-state index contributed by atoms with van der Waals surface area (Å²) in [6.07, 6.45) is 0. The maximum Gasteiger partial charge on any atom is 0.0568 e. The van der Waals surface area contributed by atoms with Crippen molar-refractivity contribution in [3.05, 3.63) is 64.5 Å². The number of rotatable bonds is 5. The van der Waals surface area contributed by atoms with Gasteiger partial charge in [0.2, 0.25) is 0 Å². The molecule has 0 bridgehead atoms. The molecule has 0 fully saturated rings. The molecule has 0 amide bonds. The first-order valence-electron chi connectivity index (χ1n) is 6.59. The van der Waals surface area contributed by atoms with Crippen molar-refractivity contribution in [2.45, 2.75) is 10.9 Å². The molecule has 5 heteroatoms. The predicted octanol–water partition coefficient (Wildman–Crippen LogP) is 4.85. The molecule has 3 aromatic rings. The van der Waals surface area contributed by atoms with Crippen LogP contribution in [0.5, 0.6) is 0 Å². The lowest BCUT2D eigenvalue weighted by Gasteiger charge is -2.17. The molecular weight excluding hydrogens is 320 g/mol. The minimum absolute atomic E-state index is 0.0913. The first kappa shape index (κ1) is 14.9. The third-order valence-electron chi connectivity index (χ3n) is 3.33. The van der Waals surface area contributed by atoms with Gasteiger partial charge in [-0.15, -0.1) is 23.1 Å². The zero-order valence-electron chi connectivity index (χ0n) is 11.3. The normalized spacial score (nSPS) is 12.7. The quantitative estimate of drug-likeness (QED) is 0.398. The van der Waals surface area contributed by atoms with Gasteiger partial charge in [-0.3, -0.25) is 11.3 Å². The lowest BCUT2D eigenvalue weighted by molar-refractivity contribution is 0.615. The third kappa shape index (κ3) is 3.25. The predicted molar refractivity (Wildman–Crippen MR) is 94.1 cm³/mol. The van der Waals surface area contributed by atoms with Gasteiger partial charge in [-0.1, -0.05) is 41.9 Å². The van der Waals surface area contributed by atoms with Crippen molar-refractivity contribution in [2.24, 2.45) is 5.84 Å². The minimum Gasteiger partial charge on any atom is -0.271 e. The monoisotopic (exact) mass is 334 g/mol. The summed E-state index contributed by atoms with van der Waals surface area (Å²) in [5.74, 6) is 6.61. The van der Waals surface area contributed by atoms with Gasteiger partial charge in [-0.05, 0) is 34.5 Å². The van der Waals surface area contributed by atoms with E-state index in [-0.39, 0.29) is 6.04 Å². The molecule has 108 valence electrons. The molecule has 1 atom stereocenters. The second-order valence-electron chi connectivity index (χ2n) is 4.65. The average molecular weight is 335 g/mol. The van der Waals surface area contributed by atoms with E-state index in [0.29, 0.717) is 0 Å². The number of hydrogen-bond donors (Lipinski definition) is 2. The molecule has 0 aliphatic heterocycles. The maximum atomic E-state index is 6.20. The number of nitrogens with one attached hydrogen (secondary N) is 1. The molecule has 0 spiro atoms. The van der Waals surface area contributed by atoms with Crippen LogP contribution in [0.3, 0.4) is 0 Å². The van der Waals surface area contributed by atoms with E-state index in [0.717, 1.165) is 15.7 Å². The third-order valence-corrected chi connectivity index (χ3v) is 5.92. The fraction of sp³-hybridized carbons (Fsp3) is 0.125. The van der Waals surface area contributed by atoms with Gasteiger partial charge in [0, 0.05) is 15.3 Å². The highest BCUT2D eigenvalue weighted by Crippen LogP contribution is 2.33. The molecule has 0 saturated heterocycles. The van der Waals surface area contributed by atoms with E-state index in [1.807, 2.05) is 24.3 Å². The lowest BCUT2D eigenvalue weighted by atomic mass is 10.1. The number of hydrogen-bond acceptors (Lipinski definition) is 4. The standard InChI is InChI=1S/C16H15ClN2S2/c17-13-6-1-2-7-15(13)21-10-14(19-18)12-5-3-4-11-8-9-20-16(11)12/h1-9,14,19H,10,18H2. The van der Waals surface area contributed by atoms with Crippen molar-refractivity contribution in [3.8, 4) is 0 Å². The summed E-state index contributed by atoms with van der Waals surface area (Å²) in [6.45, 7) is 0. The van der Waals surface area contributed by atoms with Crippen LogP contribution in [0.4, 0.5) is 0 Å². The summed E-state index contributed by atoms with van der Waals surface area (Å²) >= 11 is 9.67. The summed E-state index contributed by atoms with van der Waals surface area (Å²) in [5, 5.41) is 4.16. The van der Waals surface area contributed by atoms with Crippen LogP contribution >= 0.6 is 34.7 Å². The Balaban J connectivity index is 1.82. The van der Waals surface area contributed by atoms with Crippen LogP contribution in [0.15, 0.2) is 58.8 Å². The van der Waals surface area contributed by atoms with Crippen LogP contribution in [0.2, 0.25) is 5.02 Å². The summed E-state index contributed by atoms with van der Waals surface area (Å²) in [5.41, 5.74) is 4.17. The van der Waals surface area contributed by atoms with Crippen LogP contribution in [-0.2, 0) is 0 Å². The molecule has 2 nitrogen and oxygen atoms in total.